The smallest absolute Gasteiger partial charge is 0.256 e. The molecular formula is C24H28N6O4. The second-order valence-corrected chi connectivity index (χ2v) is 8.29. The number of tetrazole rings is 1. The molecule has 0 radical (unpaired) electrons. The van der Waals surface area contributed by atoms with Crippen LogP contribution >= 0.6 is 0 Å². The number of fused-ring (bicyclic) bond motifs is 2. The van der Waals surface area contributed by atoms with E-state index in [0.717, 1.165) is 24.1 Å². The predicted octanol–water partition coefficient (Wildman–Crippen LogP) is 2.46. The molecule has 3 aromatic rings. The highest BCUT2D eigenvalue weighted by atomic mass is 16.7. The average Bonchev–Trinajstić information content (AvgIpc) is 3.53. The molecule has 1 amide bonds. The number of carbonyl (C=O) groups is 1. The molecule has 0 N–H and O–H groups in total. The first-order valence-corrected chi connectivity index (χ1v) is 11.5. The number of hydrogen-bond acceptors (Lipinski definition) is 8. The first-order chi connectivity index (χ1) is 16.6. The Balaban J connectivity index is 1.66. The van der Waals surface area contributed by atoms with Crippen molar-refractivity contribution in [3.63, 3.8) is 0 Å². The van der Waals surface area contributed by atoms with E-state index in [0.29, 0.717) is 47.4 Å². The molecule has 2 aliphatic heterocycles. The molecule has 1 unspecified atom stereocenters. The summed E-state index contributed by atoms with van der Waals surface area (Å²) in [7, 11) is 3.66. The highest BCUT2D eigenvalue weighted by molar-refractivity contribution is 5.97. The van der Waals surface area contributed by atoms with Crippen molar-refractivity contribution in [1.29, 1.82) is 0 Å². The zero-order valence-electron chi connectivity index (χ0n) is 19.8. The number of methoxy groups -OCH3 is 1. The maximum atomic E-state index is 13.3. The number of likely N-dealkylation sites (N-methyl/N-ethyl adjacent to an activating group) is 1. The summed E-state index contributed by atoms with van der Waals surface area (Å²) in [5.41, 5.74) is 3.24. The summed E-state index contributed by atoms with van der Waals surface area (Å²) in [6, 6.07) is 9.15. The Morgan fingerprint density at radius 1 is 1.24 bits per heavy atom. The van der Waals surface area contributed by atoms with Crippen LogP contribution in [0.2, 0.25) is 0 Å². The van der Waals surface area contributed by atoms with Crippen molar-refractivity contribution in [1.82, 2.24) is 30.0 Å². The fourth-order valence-corrected chi connectivity index (χ4v) is 4.82. The first-order valence-electron chi connectivity index (χ1n) is 11.5. The van der Waals surface area contributed by atoms with Crippen LogP contribution in [0.4, 0.5) is 0 Å². The van der Waals surface area contributed by atoms with Crippen LogP contribution in [-0.4, -0.2) is 76.5 Å². The van der Waals surface area contributed by atoms with Crippen LogP contribution in [-0.2, 0) is 6.42 Å². The second-order valence-electron chi connectivity index (χ2n) is 8.29. The average molecular weight is 465 g/mol. The van der Waals surface area contributed by atoms with Crippen molar-refractivity contribution < 1.29 is 19.0 Å². The van der Waals surface area contributed by atoms with Crippen molar-refractivity contribution in [3.05, 3.63) is 52.8 Å². The van der Waals surface area contributed by atoms with Crippen LogP contribution < -0.4 is 14.2 Å². The molecule has 1 aromatic heterocycles. The number of benzene rings is 2. The van der Waals surface area contributed by atoms with Crippen LogP contribution in [0.15, 0.2) is 30.3 Å². The van der Waals surface area contributed by atoms with E-state index in [-0.39, 0.29) is 18.7 Å². The topological polar surface area (TPSA) is 94.8 Å². The number of rotatable bonds is 6. The fourth-order valence-electron chi connectivity index (χ4n) is 4.82. The van der Waals surface area contributed by atoms with E-state index in [2.05, 4.69) is 20.4 Å². The lowest BCUT2D eigenvalue weighted by atomic mass is 9.90. The number of carbonyl (C=O) groups excluding carboxylic acids is 1. The van der Waals surface area contributed by atoms with Gasteiger partial charge < -0.3 is 19.1 Å². The molecule has 0 spiro atoms. The van der Waals surface area contributed by atoms with Gasteiger partial charge in [-0.1, -0.05) is 12.1 Å². The van der Waals surface area contributed by atoms with Gasteiger partial charge in [-0.25, -0.2) is 0 Å². The molecular weight excluding hydrogens is 436 g/mol. The van der Waals surface area contributed by atoms with Gasteiger partial charge in [-0.15, -0.1) is 5.10 Å². The zero-order valence-corrected chi connectivity index (χ0v) is 19.8. The maximum Gasteiger partial charge on any atom is 0.256 e. The van der Waals surface area contributed by atoms with E-state index in [9.17, 15) is 4.79 Å². The molecule has 2 aliphatic rings. The summed E-state index contributed by atoms with van der Waals surface area (Å²) in [6.45, 7) is 6.14. The Kier molecular flexibility index (Phi) is 5.82. The van der Waals surface area contributed by atoms with E-state index >= 15 is 0 Å². The molecule has 10 nitrogen and oxygen atoms in total. The molecule has 0 aliphatic carbocycles. The number of amides is 1. The molecule has 1 atom stereocenters. The minimum atomic E-state index is -0.306. The van der Waals surface area contributed by atoms with Crippen molar-refractivity contribution >= 4 is 5.91 Å². The van der Waals surface area contributed by atoms with Crippen LogP contribution in [0.5, 0.6) is 17.2 Å². The monoisotopic (exact) mass is 464 g/mol. The summed E-state index contributed by atoms with van der Waals surface area (Å²) in [6.07, 6.45) is 0.827. The van der Waals surface area contributed by atoms with Crippen molar-refractivity contribution in [3.8, 4) is 22.9 Å². The lowest BCUT2D eigenvalue weighted by molar-refractivity contribution is 0.0772. The summed E-state index contributed by atoms with van der Waals surface area (Å²) in [5, 5.41) is 12.7. The lowest BCUT2D eigenvalue weighted by Crippen LogP contribution is -2.35. The van der Waals surface area contributed by atoms with Gasteiger partial charge in [-0.05, 0) is 61.5 Å². The van der Waals surface area contributed by atoms with Gasteiger partial charge in [0, 0.05) is 25.2 Å². The van der Waals surface area contributed by atoms with Gasteiger partial charge in [0.2, 0.25) is 12.5 Å². The SMILES string of the molecule is CCN(CC)C(=O)c1ccccc1-n1nnnc1C1c2c(cc3c(c2OC)OCO3)CCN1C. The molecule has 0 bridgehead atoms. The molecule has 0 fully saturated rings. The van der Waals surface area contributed by atoms with Crippen LogP contribution in [0.1, 0.15) is 47.2 Å². The fraction of sp³-hybridized carbons (Fsp3) is 0.417. The van der Waals surface area contributed by atoms with E-state index in [1.807, 2.05) is 51.2 Å². The second kappa shape index (κ2) is 8.94. The number of para-hydroxylation sites is 1. The van der Waals surface area contributed by atoms with E-state index < -0.39 is 0 Å². The van der Waals surface area contributed by atoms with Gasteiger partial charge >= 0.3 is 0 Å². The molecule has 2 aromatic carbocycles. The van der Waals surface area contributed by atoms with Crippen LogP contribution in [0.3, 0.4) is 0 Å². The predicted molar refractivity (Wildman–Crippen MR) is 124 cm³/mol. The van der Waals surface area contributed by atoms with Gasteiger partial charge in [0.25, 0.3) is 5.91 Å². The third-order valence-electron chi connectivity index (χ3n) is 6.55. The summed E-state index contributed by atoms with van der Waals surface area (Å²) in [4.78, 5) is 17.3. The standard InChI is InChI=1S/C24H28N6O4/c1-5-29(6-2)24(31)16-9-7-8-10-17(16)30-23(25-26-27-30)20-19-15(11-12-28(20)3)13-18-21(22(19)32-4)34-14-33-18/h7-10,13,20H,5-6,11-12,14H2,1-4H3. The molecule has 34 heavy (non-hydrogen) atoms. The van der Waals surface area contributed by atoms with Gasteiger partial charge in [-0.2, -0.15) is 4.68 Å². The van der Waals surface area contributed by atoms with Crippen molar-refractivity contribution in [2.75, 3.05) is 40.6 Å². The van der Waals surface area contributed by atoms with Gasteiger partial charge in [0.05, 0.1) is 18.4 Å². The highest BCUT2D eigenvalue weighted by Gasteiger charge is 2.38. The van der Waals surface area contributed by atoms with E-state index in [4.69, 9.17) is 14.2 Å². The van der Waals surface area contributed by atoms with Gasteiger partial charge in [0.15, 0.2) is 17.3 Å². The zero-order chi connectivity index (χ0) is 23.8. The minimum absolute atomic E-state index is 0.0552. The quantitative estimate of drug-likeness (QED) is 0.549. The normalized spacial score (nSPS) is 16.9. The Bertz CT molecular complexity index is 1220. The number of nitrogens with zero attached hydrogens (tertiary/aromatic N) is 6. The Morgan fingerprint density at radius 2 is 2.03 bits per heavy atom. The molecule has 0 saturated heterocycles. The van der Waals surface area contributed by atoms with Crippen LogP contribution in [0, 0.1) is 0 Å². The highest BCUT2D eigenvalue weighted by Crippen LogP contribution is 2.50. The largest absolute Gasteiger partial charge is 0.492 e. The molecule has 10 heteroatoms. The number of hydrogen-bond donors (Lipinski definition) is 0. The Labute approximate surface area is 198 Å². The summed E-state index contributed by atoms with van der Waals surface area (Å²) in [5.74, 6) is 2.45. The third kappa shape index (κ3) is 3.45. The minimum Gasteiger partial charge on any atom is -0.492 e. The summed E-state index contributed by atoms with van der Waals surface area (Å²) >= 11 is 0. The van der Waals surface area contributed by atoms with Crippen molar-refractivity contribution in [2.45, 2.75) is 26.3 Å². The van der Waals surface area contributed by atoms with E-state index in [1.165, 1.54) is 0 Å². The Hall–Kier alpha value is -3.66. The van der Waals surface area contributed by atoms with Gasteiger partial charge in [-0.3, -0.25) is 9.69 Å². The van der Waals surface area contributed by atoms with Gasteiger partial charge in [0.1, 0.15) is 6.04 Å². The molecule has 5 rings (SSSR count). The third-order valence-corrected chi connectivity index (χ3v) is 6.55. The maximum absolute atomic E-state index is 13.3. The Morgan fingerprint density at radius 3 is 2.79 bits per heavy atom. The molecule has 0 saturated carbocycles. The molecule has 178 valence electrons. The summed E-state index contributed by atoms with van der Waals surface area (Å²) < 4.78 is 18.9. The van der Waals surface area contributed by atoms with Crippen LogP contribution in [0.25, 0.3) is 5.69 Å². The molecule has 3 heterocycles. The number of ether oxygens (including phenoxy) is 3. The number of aromatic nitrogens is 4. The van der Waals surface area contributed by atoms with Crippen molar-refractivity contribution in [2.24, 2.45) is 0 Å². The first kappa shape index (κ1) is 22.1. The van der Waals surface area contributed by atoms with E-state index in [1.54, 1.807) is 16.7 Å². The lowest BCUT2D eigenvalue weighted by Gasteiger charge is -2.35.